The zero-order valence-corrected chi connectivity index (χ0v) is 10.1. The van der Waals surface area contributed by atoms with E-state index in [0.29, 0.717) is 17.7 Å². The van der Waals surface area contributed by atoms with E-state index in [-0.39, 0.29) is 36.9 Å². The molecule has 3 rings (SSSR count). The molecule has 0 amide bonds. The van der Waals surface area contributed by atoms with Gasteiger partial charge in [0.05, 0.1) is 12.6 Å². The van der Waals surface area contributed by atoms with E-state index in [4.69, 9.17) is 11.5 Å². The standard InChI is InChI=1S/C10H15N7O2/c11-8-7-9(15-10(12)14-8)17(4-13-7)16-1-5(2-18)6(16)3-19/h4-6,18-19H,1-3H2,(H4,11,12,14,15). The average Bonchev–Trinajstić information content (AvgIpc) is 2.73. The quantitative estimate of drug-likeness (QED) is 0.495. The predicted molar refractivity (Wildman–Crippen MR) is 68.7 cm³/mol. The van der Waals surface area contributed by atoms with Crippen LogP contribution in [0.2, 0.25) is 0 Å². The molecule has 19 heavy (non-hydrogen) atoms. The lowest BCUT2D eigenvalue weighted by atomic mass is 9.92. The largest absolute Gasteiger partial charge is 0.396 e. The lowest BCUT2D eigenvalue weighted by molar-refractivity contribution is 0.0900. The van der Waals surface area contributed by atoms with Crippen molar-refractivity contribution in [2.24, 2.45) is 5.92 Å². The number of hydrogen-bond donors (Lipinski definition) is 4. The number of anilines is 2. The molecule has 3 heterocycles. The summed E-state index contributed by atoms with van der Waals surface area (Å²) in [7, 11) is 0. The lowest BCUT2D eigenvalue weighted by Gasteiger charge is -2.47. The van der Waals surface area contributed by atoms with Gasteiger partial charge in [-0.3, -0.25) is 0 Å². The number of nitrogens with zero attached hydrogens (tertiary/aromatic N) is 5. The summed E-state index contributed by atoms with van der Waals surface area (Å²) in [6, 6.07) is -0.167. The van der Waals surface area contributed by atoms with Gasteiger partial charge in [0.2, 0.25) is 5.95 Å². The molecule has 2 unspecified atom stereocenters. The van der Waals surface area contributed by atoms with E-state index >= 15 is 0 Å². The number of rotatable bonds is 3. The Morgan fingerprint density at radius 3 is 2.74 bits per heavy atom. The van der Waals surface area contributed by atoms with Crippen molar-refractivity contribution in [3.8, 4) is 0 Å². The fraction of sp³-hybridized carbons (Fsp3) is 0.500. The summed E-state index contributed by atoms with van der Waals surface area (Å²) in [6.07, 6.45) is 1.56. The Morgan fingerprint density at radius 2 is 2.05 bits per heavy atom. The van der Waals surface area contributed by atoms with Crippen LogP contribution in [0.4, 0.5) is 11.8 Å². The highest BCUT2D eigenvalue weighted by atomic mass is 16.3. The third kappa shape index (κ3) is 1.66. The lowest BCUT2D eigenvalue weighted by Crippen LogP contribution is -2.64. The van der Waals surface area contributed by atoms with E-state index in [0.717, 1.165) is 0 Å². The van der Waals surface area contributed by atoms with Crippen molar-refractivity contribution < 1.29 is 10.2 Å². The molecule has 9 heteroatoms. The molecule has 1 fully saturated rings. The van der Waals surface area contributed by atoms with Gasteiger partial charge in [-0.25, -0.2) is 9.66 Å². The fourth-order valence-electron chi connectivity index (χ4n) is 2.39. The van der Waals surface area contributed by atoms with Crippen LogP contribution >= 0.6 is 0 Å². The van der Waals surface area contributed by atoms with Gasteiger partial charge in [-0.15, -0.1) is 0 Å². The van der Waals surface area contributed by atoms with Gasteiger partial charge in [-0.1, -0.05) is 0 Å². The molecule has 0 bridgehead atoms. The summed E-state index contributed by atoms with van der Waals surface area (Å²) in [4.78, 5) is 12.1. The molecule has 6 N–H and O–H groups in total. The van der Waals surface area contributed by atoms with E-state index < -0.39 is 0 Å². The molecular formula is C10H15N7O2. The number of aliphatic hydroxyl groups is 2. The zero-order valence-electron chi connectivity index (χ0n) is 10.1. The number of aliphatic hydroxyl groups excluding tert-OH is 2. The van der Waals surface area contributed by atoms with Gasteiger partial charge in [0.15, 0.2) is 17.0 Å². The first kappa shape index (κ1) is 11.9. The van der Waals surface area contributed by atoms with Crippen LogP contribution in [0.1, 0.15) is 0 Å². The van der Waals surface area contributed by atoms with Crippen molar-refractivity contribution in [3.05, 3.63) is 6.33 Å². The van der Waals surface area contributed by atoms with Gasteiger partial charge in [0.1, 0.15) is 6.33 Å². The minimum Gasteiger partial charge on any atom is -0.396 e. The second-order valence-corrected chi connectivity index (χ2v) is 4.54. The third-order valence-electron chi connectivity index (χ3n) is 3.47. The molecule has 0 spiro atoms. The van der Waals surface area contributed by atoms with Crippen LogP contribution in [0.5, 0.6) is 0 Å². The highest BCUT2D eigenvalue weighted by molar-refractivity contribution is 5.82. The Kier molecular flexibility index (Phi) is 2.64. The molecule has 0 radical (unpaired) electrons. The number of aromatic nitrogens is 4. The highest BCUT2D eigenvalue weighted by Crippen LogP contribution is 2.26. The first-order valence-corrected chi connectivity index (χ1v) is 5.90. The molecule has 0 aromatic carbocycles. The Morgan fingerprint density at radius 1 is 1.26 bits per heavy atom. The maximum absolute atomic E-state index is 9.37. The van der Waals surface area contributed by atoms with Crippen molar-refractivity contribution in [1.29, 1.82) is 0 Å². The summed E-state index contributed by atoms with van der Waals surface area (Å²) in [5.74, 6) is 0.339. The number of nitrogens with two attached hydrogens (primary N) is 2. The van der Waals surface area contributed by atoms with Crippen molar-refractivity contribution in [3.63, 3.8) is 0 Å². The van der Waals surface area contributed by atoms with Crippen LogP contribution in [0.3, 0.4) is 0 Å². The Labute approximate surface area is 108 Å². The third-order valence-corrected chi connectivity index (χ3v) is 3.47. The normalized spacial score (nSPS) is 22.7. The minimum absolute atomic E-state index is 0.0353. The molecule has 2 atom stereocenters. The van der Waals surface area contributed by atoms with Crippen LogP contribution in [-0.4, -0.2) is 55.6 Å². The molecule has 1 aliphatic rings. The maximum Gasteiger partial charge on any atom is 0.224 e. The molecule has 2 aromatic heterocycles. The van der Waals surface area contributed by atoms with Crippen molar-refractivity contribution in [1.82, 2.24) is 19.6 Å². The number of hydrogen-bond acceptors (Lipinski definition) is 8. The summed E-state index contributed by atoms with van der Waals surface area (Å²) < 4.78 is 1.69. The summed E-state index contributed by atoms with van der Waals surface area (Å²) >= 11 is 0. The van der Waals surface area contributed by atoms with Gasteiger partial charge in [-0.2, -0.15) is 9.97 Å². The topological polar surface area (TPSA) is 139 Å². The Balaban J connectivity index is 2.02. The fourth-order valence-corrected chi connectivity index (χ4v) is 2.39. The first-order chi connectivity index (χ1) is 9.15. The van der Waals surface area contributed by atoms with Crippen LogP contribution in [0, 0.1) is 5.92 Å². The molecule has 2 aromatic rings. The van der Waals surface area contributed by atoms with Crippen LogP contribution in [0.15, 0.2) is 6.33 Å². The van der Waals surface area contributed by atoms with Gasteiger partial charge in [0, 0.05) is 19.1 Å². The number of imidazole rings is 1. The first-order valence-electron chi connectivity index (χ1n) is 5.90. The van der Waals surface area contributed by atoms with Crippen LogP contribution < -0.4 is 16.5 Å². The molecule has 1 saturated heterocycles. The molecular weight excluding hydrogens is 250 g/mol. The highest BCUT2D eigenvalue weighted by Gasteiger charge is 2.39. The molecule has 1 aliphatic heterocycles. The molecule has 0 saturated carbocycles. The summed E-state index contributed by atoms with van der Waals surface area (Å²) in [6.45, 7) is 0.589. The summed E-state index contributed by atoms with van der Waals surface area (Å²) in [5.41, 5.74) is 12.3. The van der Waals surface area contributed by atoms with Gasteiger partial charge in [-0.05, 0) is 0 Å². The smallest absolute Gasteiger partial charge is 0.224 e. The van der Waals surface area contributed by atoms with Gasteiger partial charge in [0.25, 0.3) is 0 Å². The van der Waals surface area contributed by atoms with Crippen molar-refractivity contribution in [2.75, 3.05) is 36.2 Å². The van der Waals surface area contributed by atoms with E-state index in [2.05, 4.69) is 15.0 Å². The number of nitrogen functional groups attached to an aromatic ring is 2. The van der Waals surface area contributed by atoms with Crippen molar-refractivity contribution in [2.45, 2.75) is 6.04 Å². The van der Waals surface area contributed by atoms with Crippen LogP contribution in [0.25, 0.3) is 11.2 Å². The van der Waals surface area contributed by atoms with Gasteiger partial charge >= 0.3 is 0 Å². The molecule has 9 nitrogen and oxygen atoms in total. The predicted octanol–water partition coefficient (Wildman–Crippen LogP) is -2.09. The van der Waals surface area contributed by atoms with E-state index in [1.54, 1.807) is 11.0 Å². The van der Waals surface area contributed by atoms with E-state index in [1.807, 2.05) is 5.01 Å². The average molecular weight is 265 g/mol. The zero-order chi connectivity index (χ0) is 13.6. The Hall–Kier alpha value is -2.13. The van der Waals surface area contributed by atoms with E-state index in [9.17, 15) is 10.2 Å². The minimum atomic E-state index is -0.167. The monoisotopic (exact) mass is 265 g/mol. The second-order valence-electron chi connectivity index (χ2n) is 4.54. The van der Waals surface area contributed by atoms with Crippen LogP contribution in [-0.2, 0) is 0 Å². The maximum atomic E-state index is 9.37. The van der Waals surface area contributed by atoms with Gasteiger partial charge < -0.3 is 26.7 Å². The molecule has 102 valence electrons. The summed E-state index contributed by atoms with van der Waals surface area (Å²) in [5, 5.41) is 20.4. The second kappa shape index (κ2) is 4.21. The van der Waals surface area contributed by atoms with Crippen molar-refractivity contribution >= 4 is 22.9 Å². The Bertz CT molecular complexity index is 613. The SMILES string of the molecule is Nc1nc(N)c2ncn(N3CC(CO)C3CO)c2n1. The number of fused-ring (bicyclic) bond motifs is 1. The van der Waals surface area contributed by atoms with E-state index in [1.165, 1.54) is 0 Å². The molecule has 0 aliphatic carbocycles.